The molecule has 4 aromatic rings. The molecule has 0 aliphatic carbocycles. The number of anilines is 1. The van der Waals surface area contributed by atoms with Crippen LogP contribution in [0, 0.1) is 13.8 Å². The molecule has 158 valence electrons. The van der Waals surface area contributed by atoms with Gasteiger partial charge >= 0.3 is 0 Å². The van der Waals surface area contributed by atoms with Gasteiger partial charge in [0.15, 0.2) is 0 Å². The Kier molecular flexibility index (Phi) is 5.50. The first-order valence-electron chi connectivity index (χ1n) is 10.2. The Hall–Kier alpha value is -3.25. The summed E-state index contributed by atoms with van der Waals surface area (Å²) < 4.78 is 1.78. The average molecular weight is 431 g/mol. The maximum absolute atomic E-state index is 12.4. The number of carbonyl (C=O) groups is 1. The highest BCUT2D eigenvalue weighted by Gasteiger charge is 2.14. The maximum Gasteiger partial charge on any atom is 0.250 e. The molecule has 0 atom stereocenters. The minimum atomic E-state index is -0.258. The summed E-state index contributed by atoms with van der Waals surface area (Å²) in [6.45, 7) is 10.7. The summed E-state index contributed by atoms with van der Waals surface area (Å²) in [7, 11) is 0. The zero-order valence-electron chi connectivity index (χ0n) is 18.4. The van der Waals surface area contributed by atoms with Crippen molar-refractivity contribution in [2.24, 2.45) is 0 Å². The van der Waals surface area contributed by atoms with Crippen LogP contribution in [0.5, 0.6) is 0 Å². The molecule has 0 spiro atoms. The fraction of sp³-hybridized carbons (Fsp3) is 0.240. The van der Waals surface area contributed by atoms with Gasteiger partial charge in [0, 0.05) is 17.0 Å². The molecule has 0 bridgehead atoms. The van der Waals surface area contributed by atoms with Crippen LogP contribution in [0.4, 0.5) is 5.95 Å². The van der Waals surface area contributed by atoms with Gasteiger partial charge in [0.1, 0.15) is 0 Å². The van der Waals surface area contributed by atoms with E-state index in [2.05, 4.69) is 80.3 Å². The molecule has 31 heavy (non-hydrogen) atoms. The molecule has 0 radical (unpaired) electrons. The lowest BCUT2D eigenvalue weighted by atomic mass is 9.87. The molecule has 0 saturated carbocycles. The van der Waals surface area contributed by atoms with Gasteiger partial charge in [-0.2, -0.15) is 4.98 Å². The van der Waals surface area contributed by atoms with Crippen molar-refractivity contribution in [3.8, 4) is 11.3 Å². The van der Waals surface area contributed by atoms with E-state index in [0.717, 1.165) is 21.8 Å². The molecule has 2 aromatic heterocycles. The molecular formula is C25H26N4OS. The number of nitrogens with zero attached hydrogens (tertiary/aromatic N) is 3. The van der Waals surface area contributed by atoms with Crippen LogP contribution in [0.1, 0.15) is 43.0 Å². The minimum absolute atomic E-state index is 0.106. The molecular weight excluding hydrogens is 404 g/mol. The van der Waals surface area contributed by atoms with Gasteiger partial charge < -0.3 is 0 Å². The van der Waals surface area contributed by atoms with Gasteiger partial charge in [-0.1, -0.05) is 68.8 Å². The average Bonchev–Trinajstić information content (AvgIpc) is 3.26. The lowest BCUT2D eigenvalue weighted by molar-refractivity contribution is -0.111. The molecule has 0 fully saturated rings. The number of aryl methyl sites for hydroxylation is 2. The SMILES string of the molecule is Cc1ccc(-c2csc3nc(NC(=O)/C=C/c4ccc(C(C)(C)C)cc4)nn23)c(C)c1. The standard InChI is InChI=1S/C25H26N4OS/c1-16-6-12-20(17(2)14-16)21-15-31-24-27-23(28-29(21)24)26-22(30)13-9-18-7-10-19(11-8-18)25(3,4)5/h6-15H,1-5H3,(H,26,28,30)/b13-9+. The van der Waals surface area contributed by atoms with Crippen LogP contribution < -0.4 is 5.32 Å². The first kappa shape index (κ1) is 21.0. The Bertz CT molecular complexity index is 1270. The van der Waals surface area contributed by atoms with E-state index < -0.39 is 0 Å². The Morgan fingerprint density at radius 1 is 1.10 bits per heavy atom. The normalized spacial score (nSPS) is 12.0. The molecule has 0 saturated heterocycles. The quantitative estimate of drug-likeness (QED) is 0.403. The molecule has 0 aliphatic rings. The number of fused-ring (bicyclic) bond motifs is 1. The zero-order chi connectivity index (χ0) is 22.2. The second kappa shape index (κ2) is 8.12. The number of hydrogen-bond acceptors (Lipinski definition) is 4. The predicted molar refractivity (Wildman–Crippen MR) is 129 cm³/mol. The lowest BCUT2D eigenvalue weighted by Crippen LogP contribution is -2.10. The fourth-order valence-electron chi connectivity index (χ4n) is 3.44. The monoisotopic (exact) mass is 430 g/mol. The van der Waals surface area contributed by atoms with Crippen LogP contribution in [-0.4, -0.2) is 20.5 Å². The van der Waals surface area contributed by atoms with E-state index in [1.165, 1.54) is 34.1 Å². The third-order valence-electron chi connectivity index (χ3n) is 5.18. The molecule has 0 unspecified atom stereocenters. The smallest absolute Gasteiger partial charge is 0.250 e. The Labute approximate surface area is 186 Å². The van der Waals surface area contributed by atoms with Crippen LogP contribution in [0.3, 0.4) is 0 Å². The predicted octanol–water partition coefficient (Wildman–Crippen LogP) is 6.02. The number of aromatic nitrogens is 3. The van der Waals surface area contributed by atoms with E-state index in [9.17, 15) is 4.79 Å². The van der Waals surface area contributed by atoms with Gasteiger partial charge in [0.2, 0.25) is 4.96 Å². The van der Waals surface area contributed by atoms with E-state index >= 15 is 0 Å². The summed E-state index contributed by atoms with van der Waals surface area (Å²) >= 11 is 1.50. The van der Waals surface area contributed by atoms with Gasteiger partial charge in [-0.25, -0.2) is 4.52 Å². The Balaban J connectivity index is 1.49. The van der Waals surface area contributed by atoms with Crippen molar-refractivity contribution in [3.63, 3.8) is 0 Å². The number of amides is 1. The lowest BCUT2D eigenvalue weighted by Gasteiger charge is -2.18. The fourth-order valence-corrected chi connectivity index (χ4v) is 4.26. The molecule has 2 aromatic carbocycles. The van der Waals surface area contributed by atoms with Gasteiger partial charge in [0.05, 0.1) is 5.69 Å². The van der Waals surface area contributed by atoms with E-state index in [-0.39, 0.29) is 11.3 Å². The molecule has 2 heterocycles. The van der Waals surface area contributed by atoms with Crippen LogP contribution in [0.15, 0.2) is 53.9 Å². The van der Waals surface area contributed by atoms with E-state index in [0.29, 0.717) is 5.95 Å². The molecule has 5 nitrogen and oxygen atoms in total. The van der Waals surface area contributed by atoms with Crippen molar-refractivity contribution in [1.82, 2.24) is 14.6 Å². The highest BCUT2D eigenvalue weighted by Crippen LogP contribution is 2.29. The second-order valence-corrected chi connectivity index (χ2v) is 9.60. The number of hydrogen-bond donors (Lipinski definition) is 1. The summed E-state index contributed by atoms with van der Waals surface area (Å²) in [4.78, 5) is 17.6. The summed E-state index contributed by atoms with van der Waals surface area (Å²) in [6, 6.07) is 14.6. The zero-order valence-corrected chi connectivity index (χ0v) is 19.2. The van der Waals surface area contributed by atoms with Crippen LogP contribution >= 0.6 is 11.3 Å². The van der Waals surface area contributed by atoms with Crippen molar-refractivity contribution >= 4 is 34.2 Å². The highest BCUT2D eigenvalue weighted by molar-refractivity contribution is 7.15. The number of rotatable bonds is 4. The van der Waals surface area contributed by atoms with E-state index in [1.807, 2.05) is 17.5 Å². The largest absolute Gasteiger partial charge is 0.290 e. The van der Waals surface area contributed by atoms with Crippen molar-refractivity contribution in [3.05, 3.63) is 76.2 Å². The minimum Gasteiger partial charge on any atom is -0.290 e. The molecule has 1 N–H and O–H groups in total. The number of thiazole rings is 1. The molecule has 4 rings (SSSR count). The van der Waals surface area contributed by atoms with Gasteiger partial charge in [0.25, 0.3) is 11.9 Å². The van der Waals surface area contributed by atoms with E-state index in [1.54, 1.807) is 10.6 Å². The van der Waals surface area contributed by atoms with Crippen LogP contribution in [0.25, 0.3) is 22.3 Å². The summed E-state index contributed by atoms with van der Waals surface area (Å²) in [5, 5.41) is 9.30. The van der Waals surface area contributed by atoms with Crippen molar-refractivity contribution in [1.29, 1.82) is 0 Å². The maximum atomic E-state index is 12.4. The topological polar surface area (TPSA) is 59.3 Å². The summed E-state index contributed by atoms with van der Waals surface area (Å²) in [5.41, 5.74) is 6.82. The number of benzene rings is 2. The molecule has 1 amide bonds. The molecule has 6 heteroatoms. The van der Waals surface area contributed by atoms with Crippen molar-refractivity contribution in [2.45, 2.75) is 40.0 Å². The Morgan fingerprint density at radius 3 is 2.52 bits per heavy atom. The van der Waals surface area contributed by atoms with Gasteiger partial charge in [-0.3, -0.25) is 10.1 Å². The second-order valence-electron chi connectivity index (χ2n) is 8.76. The van der Waals surface area contributed by atoms with Gasteiger partial charge in [-0.15, -0.1) is 16.4 Å². The van der Waals surface area contributed by atoms with Crippen molar-refractivity contribution in [2.75, 3.05) is 5.32 Å². The summed E-state index contributed by atoms with van der Waals surface area (Å²) in [6.07, 6.45) is 3.30. The van der Waals surface area contributed by atoms with Gasteiger partial charge in [-0.05, 0) is 42.0 Å². The Morgan fingerprint density at radius 2 is 1.84 bits per heavy atom. The third kappa shape index (κ3) is 4.59. The third-order valence-corrected chi connectivity index (χ3v) is 5.99. The number of carbonyl (C=O) groups excluding carboxylic acids is 1. The highest BCUT2D eigenvalue weighted by atomic mass is 32.1. The van der Waals surface area contributed by atoms with Crippen molar-refractivity contribution < 1.29 is 4.79 Å². The molecule has 0 aliphatic heterocycles. The van der Waals surface area contributed by atoms with E-state index in [4.69, 9.17) is 0 Å². The first-order chi connectivity index (χ1) is 14.7. The number of nitrogens with one attached hydrogen (secondary N) is 1. The van der Waals surface area contributed by atoms with Crippen LogP contribution in [-0.2, 0) is 10.2 Å². The first-order valence-corrected chi connectivity index (χ1v) is 11.1. The summed E-state index contributed by atoms with van der Waals surface area (Å²) in [5.74, 6) is 0.0433. The van der Waals surface area contributed by atoms with Crippen LogP contribution in [0.2, 0.25) is 0 Å².